The van der Waals surface area contributed by atoms with Gasteiger partial charge in [0.05, 0.1) is 12.2 Å². The number of nitrogens with one attached hydrogen (secondary N) is 1. The van der Waals surface area contributed by atoms with Crippen molar-refractivity contribution in [2.24, 2.45) is 5.92 Å². The number of carbonyl (C=O) groups is 1. The van der Waals surface area contributed by atoms with E-state index in [9.17, 15) is 13.2 Å². The van der Waals surface area contributed by atoms with Crippen LogP contribution in [0.2, 0.25) is 0 Å². The van der Waals surface area contributed by atoms with Crippen LogP contribution in [-0.4, -0.2) is 57.1 Å². The second-order valence-electron chi connectivity index (χ2n) is 7.48. The molecule has 0 aromatic heterocycles. The second kappa shape index (κ2) is 7.96. The fourth-order valence-corrected chi connectivity index (χ4v) is 4.94. The number of nitrogens with zero attached hydrogens (tertiary/aromatic N) is 2. The highest BCUT2D eigenvalue weighted by Crippen LogP contribution is 2.31. The topological polar surface area (TPSA) is 69.7 Å². The third-order valence-corrected chi connectivity index (χ3v) is 6.72. The average molecular weight is 380 g/mol. The molecular formula is C19H29N3O3S. The van der Waals surface area contributed by atoms with Gasteiger partial charge >= 0.3 is 0 Å². The van der Waals surface area contributed by atoms with Crippen molar-refractivity contribution in [1.29, 1.82) is 0 Å². The Bertz CT molecular complexity index is 750. The molecule has 1 aromatic carbocycles. The molecule has 2 aliphatic rings. The number of hydrogen-bond donors (Lipinski definition) is 1. The number of carbonyl (C=O) groups excluding carboxylic acids is 1. The molecule has 1 aromatic rings. The maximum Gasteiger partial charge on any atom is 0.224 e. The molecule has 1 saturated heterocycles. The molecule has 0 bridgehead atoms. The van der Waals surface area contributed by atoms with Crippen molar-refractivity contribution in [2.45, 2.75) is 38.6 Å². The Morgan fingerprint density at radius 1 is 1.31 bits per heavy atom. The number of hydrogen-bond acceptors (Lipinski definition) is 4. The van der Waals surface area contributed by atoms with Crippen LogP contribution in [0, 0.1) is 5.92 Å². The van der Waals surface area contributed by atoms with Crippen LogP contribution in [-0.2, 0) is 21.2 Å². The van der Waals surface area contributed by atoms with Crippen molar-refractivity contribution in [2.75, 3.05) is 37.3 Å². The highest BCUT2D eigenvalue weighted by atomic mass is 32.2. The first-order valence-corrected chi connectivity index (χ1v) is 11.3. The summed E-state index contributed by atoms with van der Waals surface area (Å²) in [6.07, 6.45) is 4.67. The molecule has 2 aliphatic heterocycles. The fraction of sp³-hybridized carbons (Fsp3) is 0.632. The lowest BCUT2D eigenvalue weighted by Gasteiger charge is -2.30. The largest absolute Gasteiger partial charge is 0.368 e. The Labute approximate surface area is 156 Å². The number of fused-ring (bicyclic) bond motifs is 1. The molecule has 2 heterocycles. The van der Waals surface area contributed by atoms with E-state index in [1.54, 1.807) is 0 Å². The summed E-state index contributed by atoms with van der Waals surface area (Å²) in [6, 6.07) is 9.00. The van der Waals surface area contributed by atoms with Gasteiger partial charge in [-0.1, -0.05) is 18.2 Å². The molecule has 6 nitrogen and oxygen atoms in total. The van der Waals surface area contributed by atoms with Crippen LogP contribution in [0.5, 0.6) is 0 Å². The van der Waals surface area contributed by atoms with Gasteiger partial charge in [-0.2, -0.15) is 0 Å². The zero-order chi connectivity index (χ0) is 18.7. The minimum absolute atomic E-state index is 0.0202. The van der Waals surface area contributed by atoms with Crippen molar-refractivity contribution in [3.05, 3.63) is 29.8 Å². The molecule has 0 unspecified atom stereocenters. The number of anilines is 1. The van der Waals surface area contributed by atoms with Gasteiger partial charge in [0.15, 0.2) is 0 Å². The maximum absolute atomic E-state index is 12.4. The highest BCUT2D eigenvalue weighted by molar-refractivity contribution is 7.88. The summed E-state index contributed by atoms with van der Waals surface area (Å²) in [5.41, 5.74) is 2.70. The number of piperidine rings is 1. The third kappa shape index (κ3) is 4.38. The molecule has 0 aliphatic carbocycles. The molecule has 1 N–H and O–H groups in total. The van der Waals surface area contributed by atoms with E-state index in [0.29, 0.717) is 25.7 Å². The van der Waals surface area contributed by atoms with Gasteiger partial charge in [-0.3, -0.25) is 4.79 Å². The van der Waals surface area contributed by atoms with Crippen LogP contribution in [0.3, 0.4) is 0 Å². The summed E-state index contributed by atoms with van der Waals surface area (Å²) < 4.78 is 24.8. The maximum atomic E-state index is 12.4. The van der Waals surface area contributed by atoms with Gasteiger partial charge in [0.25, 0.3) is 0 Å². The predicted octanol–water partition coefficient (Wildman–Crippen LogP) is 1.62. The van der Waals surface area contributed by atoms with Gasteiger partial charge in [0.2, 0.25) is 15.9 Å². The first kappa shape index (κ1) is 19.2. The zero-order valence-electron chi connectivity index (χ0n) is 15.6. The Hall–Kier alpha value is -1.60. The summed E-state index contributed by atoms with van der Waals surface area (Å²) in [4.78, 5) is 14.8. The fourth-order valence-electron chi connectivity index (χ4n) is 4.03. The molecule has 0 saturated carbocycles. The van der Waals surface area contributed by atoms with Crippen molar-refractivity contribution >= 4 is 21.6 Å². The average Bonchev–Trinajstić information content (AvgIpc) is 2.93. The minimum atomic E-state index is -3.22. The minimum Gasteiger partial charge on any atom is -0.368 e. The Morgan fingerprint density at radius 2 is 2.08 bits per heavy atom. The molecule has 26 heavy (non-hydrogen) atoms. The quantitative estimate of drug-likeness (QED) is 0.763. The number of sulfonamides is 1. The summed E-state index contributed by atoms with van der Waals surface area (Å²) >= 11 is 0. The number of rotatable bonds is 6. The zero-order valence-corrected chi connectivity index (χ0v) is 16.5. The molecule has 0 spiro atoms. The molecule has 1 fully saturated rings. The van der Waals surface area contributed by atoms with Crippen LogP contribution < -0.4 is 10.2 Å². The van der Waals surface area contributed by atoms with E-state index in [4.69, 9.17) is 0 Å². The Kier molecular flexibility index (Phi) is 5.87. The van der Waals surface area contributed by atoms with E-state index >= 15 is 0 Å². The van der Waals surface area contributed by atoms with Gasteiger partial charge in [0.1, 0.15) is 0 Å². The van der Waals surface area contributed by atoms with Gasteiger partial charge in [-0.15, -0.1) is 0 Å². The Morgan fingerprint density at radius 3 is 2.85 bits per heavy atom. The van der Waals surface area contributed by atoms with Crippen molar-refractivity contribution < 1.29 is 13.2 Å². The lowest BCUT2D eigenvalue weighted by atomic mass is 9.99. The summed E-state index contributed by atoms with van der Waals surface area (Å²) in [5.74, 6) is -0.252. The van der Waals surface area contributed by atoms with Crippen LogP contribution in [0.15, 0.2) is 24.3 Å². The number of para-hydroxylation sites is 1. The lowest BCUT2D eigenvalue weighted by Crippen LogP contribution is -2.45. The molecule has 2 atom stereocenters. The molecule has 144 valence electrons. The van der Waals surface area contributed by atoms with Crippen molar-refractivity contribution in [1.82, 2.24) is 9.62 Å². The number of benzene rings is 1. The molecule has 1 amide bonds. The van der Waals surface area contributed by atoms with Crippen LogP contribution in [0.4, 0.5) is 5.69 Å². The van der Waals surface area contributed by atoms with Gasteiger partial charge in [0, 0.05) is 37.9 Å². The molecule has 7 heteroatoms. The van der Waals surface area contributed by atoms with Gasteiger partial charge in [-0.05, 0) is 44.2 Å². The molecule has 0 radical (unpaired) electrons. The smallest absolute Gasteiger partial charge is 0.224 e. The van der Waals surface area contributed by atoms with E-state index in [2.05, 4.69) is 41.4 Å². The van der Waals surface area contributed by atoms with Gasteiger partial charge < -0.3 is 10.2 Å². The predicted molar refractivity (Wildman–Crippen MR) is 104 cm³/mol. The van der Waals surface area contributed by atoms with E-state index < -0.39 is 10.0 Å². The lowest BCUT2D eigenvalue weighted by molar-refractivity contribution is -0.126. The van der Waals surface area contributed by atoms with Crippen molar-refractivity contribution in [3.8, 4) is 0 Å². The third-order valence-electron chi connectivity index (χ3n) is 5.45. The molecule has 3 rings (SSSR count). The van der Waals surface area contributed by atoms with E-state index in [1.807, 2.05) is 0 Å². The first-order valence-electron chi connectivity index (χ1n) is 9.43. The monoisotopic (exact) mass is 379 g/mol. The summed E-state index contributed by atoms with van der Waals surface area (Å²) in [6.45, 7) is 4.61. The standard InChI is InChI=1S/C19H29N3O3S/c1-15-13-16-7-3-4-9-18(16)22(15)12-6-10-20-19(23)17-8-5-11-21(14-17)26(2,24)25/h3-4,7,9,15,17H,5-6,8,10-14H2,1-2H3,(H,20,23)/t15-,17-/m1/s1. The highest BCUT2D eigenvalue weighted by Gasteiger charge is 2.30. The number of amides is 1. The first-order chi connectivity index (χ1) is 12.4. The SMILES string of the molecule is C[C@@H]1Cc2ccccc2N1CCCNC(=O)[C@@H]1CCCN(S(C)(=O)=O)C1. The molecular weight excluding hydrogens is 350 g/mol. The normalized spacial score (nSPS) is 23.7. The second-order valence-corrected chi connectivity index (χ2v) is 9.46. The van der Waals surface area contributed by atoms with Gasteiger partial charge in [-0.25, -0.2) is 12.7 Å². The van der Waals surface area contributed by atoms with E-state index in [-0.39, 0.29) is 11.8 Å². The van der Waals surface area contributed by atoms with Crippen LogP contribution in [0.25, 0.3) is 0 Å². The van der Waals surface area contributed by atoms with Crippen molar-refractivity contribution in [3.63, 3.8) is 0 Å². The summed E-state index contributed by atoms with van der Waals surface area (Å²) in [5, 5.41) is 3.00. The van der Waals surface area contributed by atoms with Crippen LogP contribution in [0.1, 0.15) is 31.7 Å². The van der Waals surface area contributed by atoms with E-state index in [1.165, 1.54) is 21.8 Å². The van der Waals surface area contributed by atoms with E-state index in [0.717, 1.165) is 32.2 Å². The summed E-state index contributed by atoms with van der Waals surface area (Å²) in [7, 11) is -3.22. The van der Waals surface area contributed by atoms with Crippen LogP contribution >= 0.6 is 0 Å². The Balaban J connectivity index is 1.44.